The molecule has 0 saturated heterocycles. The van der Waals surface area contributed by atoms with Crippen molar-refractivity contribution in [3.63, 3.8) is 0 Å². The number of halogens is 5. The molecule has 25 heavy (non-hydrogen) atoms. The Morgan fingerprint density at radius 3 is 2.32 bits per heavy atom. The third kappa shape index (κ3) is 5.36. The van der Waals surface area contributed by atoms with Crippen molar-refractivity contribution in [2.45, 2.75) is 19.6 Å². The molecule has 0 heterocycles. The van der Waals surface area contributed by atoms with Gasteiger partial charge in [-0.1, -0.05) is 46.9 Å². The van der Waals surface area contributed by atoms with Gasteiger partial charge >= 0.3 is 6.61 Å². The molecule has 0 aliphatic heterocycles. The van der Waals surface area contributed by atoms with Gasteiger partial charge in [-0.15, -0.1) is 0 Å². The van der Waals surface area contributed by atoms with E-state index in [-0.39, 0.29) is 32.3 Å². The Labute approximate surface area is 157 Å². The van der Waals surface area contributed by atoms with Crippen molar-refractivity contribution in [1.29, 1.82) is 0 Å². The molecule has 134 valence electrons. The average Bonchev–Trinajstić information content (AvgIpc) is 2.53. The van der Waals surface area contributed by atoms with Crippen molar-refractivity contribution >= 4 is 46.4 Å². The van der Waals surface area contributed by atoms with Crippen LogP contribution in [0.15, 0.2) is 36.4 Å². The Balaban J connectivity index is 2.10. The number of nitrogens with one attached hydrogen (secondary N) is 1. The lowest BCUT2D eigenvalue weighted by Crippen LogP contribution is -2.30. The zero-order chi connectivity index (χ0) is 18.6. The first kappa shape index (κ1) is 19.6. The molecule has 1 amide bonds. The summed E-state index contributed by atoms with van der Waals surface area (Å²) >= 11 is 17.7. The first-order chi connectivity index (χ1) is 11.8. The van der Waals surface area contributed by atoms with Gasteiger partial charge in [-0.25, -0.2) is 0 Å². The predicted molar refractivity (Wildman–Crippen MR) is 93.3 cm³/mol. The third-order valence-electron chi connectivity index (χ3n) is 3.01. The van der Waals surface area contributed by atoms with Crippen molar-refractivity contribution in [3.8, 4) is 11.5 Å². The van der Waals surface area contributed by atoms with Crippen molar-refractivity contribution in [2.75, 3.05) is 5.32 Å². The molecule has 1 unspecified atom stereocenters. The summed E-state index contributed by atoms with van der Waals surface area (Å²) in [6, 6.07) is 8.57. The van der Waals surface area contributed by atoms with Crippen LogP contribution in [0, 0.1) is 0 Å². The van der Waals surface area contributed by atoms with Crippen LogP contribution < -0.4 is 14.8 Å². The number of ether oxygens (including phenoxy) is 2. The van der Waals surface area contributed by atoms with Gasteiger partial charge in [0.15, 0.2) is 6.10 Å². The highest BCUT2D eigenvalue weighted by Crippen LogP contribution is 2.34. The van der Waals surface area contributed by atoms with E-state index in [0.717, 1.165) is 0 Å². The molecule has 0 radical (unpaired) electrons. The molecule has 1 atom stereocenters. The Hall–Kier alpha value is -1.76. The van der Waals surface area contributed by atoms with E-state index >= 15 is 0 Å². The number of amides is 1. The summed E-state index contributed by atoms with van der Waals surface area (Å²) in [7, 11) is 0. The first-order valence-electron chi connectivity index (χ1n) is 6.94. The van der Waals surface area contributed by atoms with E-state index in [0.29, 0.717) is 0 Å². The molecule has 0 aromatic heterocycles. The summed E-state index contributed by atoms with van der Waals surface area (Å²) in [6.45, 7) is -1.55. The van der Waals surface area contributed by atoms with Crippen molar-refractivity contribution in [3.05, 3.63) is 51.5 Å². The maximum atomic E-state index is 12.4. The molecule has 2 rings (SSSR count). The van der Waals surface area contributed by atoms with E-state index in [1.54, 1.807) is 6.07 Å². The van der Waals surface area contributed by atoms with E-state index in [1.807, 2.05) is 0 Å². The quantitative estimate of drug-likeness (QED) is 0.626. The smallest absolute Gasteiger partial charge is 0.387 e. The second-order valence-corrected chi connectivity index (χ2v) is 6.04. The van der Waals surface area contributed by atoms with Gasteiger partial charge in [0.05, 0.1) is 20.8 Å². The Bertz CT molecular complexity index is 774. The third-order valence-corrected chi connectivity index (χ3v) is 4.03. The zero-order valence-electron chi connectivity index (χ0n) is 12.7. The monoisotopic (exact) mass is 409 g/mol. The van der Waals surface area contributed by atoms with E-state index in [2.05, 4.69) is 10.1 Å². The van der Waals surface area contributed by atoms with Crippen LogP contribution in [0.4, 0.5) is 14.5 Å². The normalized spacial score (nSPS) is 12.0. The van der Waals surface area contributed by atoms with Crippen LogP contribution in [0.2, 0.25) is 15.1 Å². The van der Waals surface area contributed by atoms with Crippen molar-refractivity contribution < 1.29 is 23.0 Å². The zero-order valence-corrected chi connectivity index (χ0v) is 15.0. The fourth-order valence-corrected chi connectivity index (χ4v) is 2.42. The number of para-hydroxylation sites is 2. The van der Waals surface area contributed by atoms with Crippen molar-refractivity contribution in [2.24, 2.45) is 0 Å². The largest absolute Gasteiger partial charge is 0.479 e. The summed E-state index contributed by atoms with van der Waals surface area (Å²) in [5, 5.41) is 3.09. The minimum atomic E-state index is -3.01. The van der Waals surface area contributed by atoms with Gasteiger partial charge in [0.1, 0.15) is 11.5 Å². The Morgan fingerprint density at radius 2 is 1.64 bits per heavy atom. The van der Waals surface area contributed by atoms with Crippen LogP contribution in [-0.2, 0) is 4.79 Å². The lowest BCUT2D eigenvalue weighted by Gasteiger charge is -2.17. The lowest BCUT2D eigenvalue weighted by molar-refractivity contribution is -0.122. The maximum Gasteiger partial charge on any atom is 0.387 e. The van der Waals surface area contributed by atoms with E-state index in [1.165, 1.54) is 37.3 Å². The molecule has 4 nitrogen and oxygen atoms in total. The molecule has 2 aromatic carbocycles. The van der Waals surface area contributed by atoms with Crippen molar-refractivity contribution in [1.82, 2.24) is 0 Å². The standard InChI is InChI=1S/C16H12Cl3F2NO3/c1-8(24-14-7-10(18)9(17)6-11(14)19)15(23)22-12-4-2-3-5-13(12)25-16(20)21/h2-8,16H,1H3,(H,22,23). The predicted octanol–water partition coefficient (Wildman–Crippen LogP) is 5.65. The fraction of sp³-hybridized carbons (Fsp3) is 0.188. The average molecular weight is 411 g/mol. The number of carbonyl (C=O) groups excluding carboxylic acids is 1. The first-order valence-corrected chi connectivity index (χ1v) is 8.07. The summed E-state index contributed by atoms with van der Waals surface area (Å²) in [5.74, 6) is -0.589. The highest BCUT2D eigenvalue weighted by molar-refractivity contribution is 6.43. The molecule has 9 heteroatoms. The highest BCUT2D eigenvalue weighted by Gasteiger charge is 2.19. The molecule has 0 bridgehead atoms. The number of hydrogen-bond acceptors (Lipinski definition) is 3. The molecule has 0 saturated carbocycles. The molecular formula is C16H12Cl3F2NO3. The molecule has 0 fully saturated rings. The maximum absolute atomic E-state index is 12.4. The molecule has 2 aromatic rings. The Kier molecular flexibility index (Phi) is 6.70. The summed E-state index contributed by atoms with van der Waals surface area (Å²) in [6.07, 6.45) is -0.991. The second-order valence-electron chi connectivity index (χ2n) is 4.82. The van der Waals surface area contributed by atoms with Gasteiger partial charge in [-0.2, -0.15) is 8.78 Å². The SMILES string of the molecule is CC(Oc1cc(Cl)c(Cl)cc1Cl)C(=O)Nc1ccccc1OC(F)F. The van der Waals surface area contributed by atoms with E-state index in [4.69, 9.17) is 39.5 Å². The summed E-state index contributed by atoms with van der Waals surface area (Å²) in [4.78, 5) is 12.2. The summed E-state index contributed by atoms with van der Waals surface area (Å²) in [5.41, 5.74) is 0.0866. The van der Waals surface area contributed by atoms with Gasteiger partial charge in [0.25, 0.3) is 5.91 Å². The summed E-state index contributed by atoms with van der Waals surface area (Å²) < 4.78 is 34.6. The van der Waals surface area contributed by atoms with Gasteiger partial charge < -0.3 is 14.8 Å². The van der Waals surface area contributed by atoms with Gasteiger partial charge in [-0.05, 0) is 25.1 Å². The van der Waals surface area contributed by atoms with Crippen LogP contribution in [0.25, 0.3) is 0 Å². The van der Waals surface area contributed by atoms with Crippen LogP contribution >= 0.6 is 34.8 Å². The number of anilines is 1. The molecule has 0 aliphatic carbocycles. The minimum Gasteiger partial charge on any atom is -0.479 e. The van der Waals surface area contributed by atoms with Gasteiger partial charge in [0.2, 0.25) is 0 Å². The topological polar surface area (TPSA) is 47.6 Å². The van der Waals surface area contributed by atoms with Gasteiger partial charge in [-0.3, -0.25) is 4.79 Å². The van der Waals surface area contributed by atoms with E-state index in [9.17, 15) is 13.6 Å². The number of benzene rings is 2. The highest BCUT2D eigenvalue weighted by atomic mass is 35.5. The lowest BCUT2D eigenvalue weighted by atomic mass is 10.2. The number of carbonyl (C=O) groups is 1. The fourth-order valence-electron chi connectivity index (χ4n) is 1.84. The van der Waals surface area contributed by atoms with E-state index < -0.39 is 18.6 Å². The van der Waals surface area contributed by atoms with Crippen LogP contribution in [0.1, 0.15) is 6.92 Å². The molecular weight excluding hydrogens is 399 g/mol. The molecule has 1 N–H and O–H groups in total. The number of alkyl halides is 2. The number of hydrogen-bond donors (Lipinski definition) is 1. The minimum absolute atomic E-state index is 0.0866. The second kappa shape index (κ2) is 8.56. The molecule has 0 spiro atoms. The number of rotatable bonds is 6. The molecule has 0 aliphatic rings. The Morgan fingerprint density at radius 1 is 1.00 bits per heavy atom. The van der Waals surface area contributed by atoms with Gasteiger partial charge in [0, 0.05) is 6.07 Å². The van der Waals surface area contributed by atoms with Crippen LogP contribution in [0.5, 0.6) is 11.5 Å². The van der Waals surface area contributed by atoms with Crippen LogP contribution in [-0.4, -0.2) is 18.6 Å². The van der Waals surface area contributed by atoms with Crippen LogP contribution in [0.3, 0.4) is 0 Å².